The van der Waals surface area contributed by atoms with Gasteiger partial charge in [0.05, 0.1) is 12.7 Å². The SMILES string of the molecule is COc1cccc2nnc(NC(=O)CCC(=O)NCc3cccc(C(F)(F)F)c3)n12. The van der Waals surface area contributed by atoms with Gasteiger partial charge in [-0.05, 0) is 29.8 Å². The second-order valence-electron chi connectivity index (χ2n) is 6.31. The standard InChI is InChI=1S/C19H18F3N5O3/c1-30-17-7-3-6-14-25-26-18(27(14)17)24-16(29)9-8-15(28)23-11-12-4-2-5-13(10-12)19(20,21)22/h2-7,10H,8-9,11H2,1H3,(H,23,28)(H,24,26,29). The topological polar surface area (TPSA) is 97.6 Å². The molecule has 0 spiro atoms. The van der Waals surface area contributed by atoms with Crippen LogP contribution in [0.1, 0.15) is 24.0 Å². The predicted molar refractivity (Wildman–Crippen MR) is 101 cm³/mol. The van der Waals surface area contributed by atoms with Gasteiger partial charge in [0.2, 0.25) is 23.6 Å². The van der Waals surface area contributed by atoms with Crippen LogP contribution < -0.4 is 15.4 Å². The number of methoxy groups -OCH3 is 1. The maximum atomic E-state index is 12.7. The van der Waals surface area contributed by atoms with Crippen molar-refractivity contribution in [3.05, 3.63) is 53.6 Å². The fourth-order valence-corrected chi connectivity index (χ4v) is 2.71. The van der Waals surface area contributed by atoms with Crippen LogP contribution in [0.4, 0.5) is 19.1 Å². The Kier molecular flexibility index (Phi) is 6.19. The Morgan fingerprint density at radius 1 is 1.07 bits per heavy atom. The summed E-state index contributed by atoms with van der Waals surface area (Å²) in [5.41, 5.74) is -0.00211. The van der Waals surface area contributed by atoms with Crippen molar-refractivity contribution in [1.82, 2.24) is 19.9 Å². The lowest BCUT2D eigenvalue weighted by atomic mass is 10.1. The van der Waals surface area contributed by atoms with Gasteiger partial charge in [-0.1, -0.05) is 18.2 Å². The molecule has 0 saturated heterocycles. The van der Waals surface area contributed by atoms with Gasteiger partial charge < -0.3 is 10.1 Å². The van der Waals surface area contributed by atoms with E-state index >= 15 is 0 Å². The zero-order chi connectivity index (χ0) is 21.7. The van der Waals surface area contributed by atoms with E-state index in [1.807, 2.05) is 0 Å². The van der Waals surface area contributed by atoms with Crippen molar-refractivity contribution in [1.29, 1.82) is 0 Å². The third-order valence-corrected chi connectivity index (χ3v) is 4.18. The van der Waals surface area contributed by atoms with Gasteiger partial charge >= 0.3 is 6.18 Å². The fourth-order valence-electron chi connectivity index (χ4n) is 2.71. The van der Waals surface area contributed by atoms with Gasteiger partial charge in [-0.3, -0.25) is 14.9 Å². The van der Waals surface area contributed by atoms with Crippen LogP contribution in [0, 0.1) is 0 Å². The molecule has 8 nitrogen and oxygen atoms in total. The van der Waals surface area contributed by atoms with E-state index in [0.717, 1.165) is 12.1 Å². The molecule has 2 N–H and O–H groups in total. The van der Waals surface area contributed by atoms with Crippen molar-refractivity contribution in [3.63, 3.8) is 0 Å². The summed E-state index contributed by atoms with van der Waals surface area (Å²) in [7, 11) is 1.47. The number of amides is 2. The van der Waals surface area contributed by atoms with E-state index in [1.54, 1.807) is 18.2 Å². The highest BCUT2D eigenvalue weighted by atomic mass is 19.4. The second kappa shape index (κ2) is 8.80. The highest BCUT2D eigenvalue weighted by molar-refractivity contribution is 5.92. The molecule has 0 aliphatic rings. The Labute approximate surface area is 169 Å². The molecule has 0 aliphatic heterocycles. The number of alkyl halides is 3. The molecule has 0 atom stereocenters. The number of fused-ring (bicyclic) bond motifs is 1. The quantitative estimate of drug-likeness (QED) is 0.612. The number of carbonyl (C=O) groups is 2. The Morgan fingerprint density at radius 3 is 2.53 bits per heavy atom. The van der Waals surface area contributed by atoms with Crippen molar-refractivity contribution in [2.75, 3.05) is 12.4 Å². The van der Waals surface area contributed by atoms with Gasteiger partial charge in [-0.25, -0.2) is 4.40 Å². The highest BCUT2D eigenvalue weighted by Gasteiger charge is 2.30. The van der Waals surface area contributed by atoms with Crippen LogP contribution in [0.15, 0.2) is 42.5 Å². The van der Waals surface area contributed by atoms with Crippen LogP contribution in [-0.2, 0) is 22.3 Å². The summed E-state index contributed by atoms with van der Waals surface area (Å²) in [6.45, 7) is -0.0730. The molecule has 0 bridgehead atoms. The van der Waals surface area contributed by atoms with E-state index in [1.165, 1.54) is 23.6 Å². The Balaban J connectivity index is 1.51. The largest absolute Gasteiger partial charge is 0.482 e. The zero-order valence-corrected chi connectivity index (χ0v) is 15.9. The minimum Gasteiger partial charge on any atom is -0.482 e. The number of carbonyl (C=O) groups excluding carboxylic acids is 2. The summed E-state index contributed by atoms with van der Waals surface area (Å²) in [5.74, 6) is -0.362. The van der Waals surface area contributed by atoms with Crippen LogP contribution in [0.5, 0.6) is 5.88 Å². The van der Waals surface area contributed by atoms with Crippen LogP contribution in [-0.4, -0.2) is 33.5 Å². The van der Waals surface area contributed by atoms with Gasteiger partial charge in [-0.15, -0.1) is 10.2 Å². The Morgan fingerprint density at radius 2 is 1.80 bits per heavy atom. The number of rotatable bonds is 7. The average Bonchev–Trinajstić information content (AvgIpc) is 3.13. The van der Waals surface area contributed by atoms with Crippen molar-refractivity contribution < 1.29 is 27.5 Å². The third kappa shape index (κ3) is 5.04. The summed E-state index contributed by atoms with van der Waals surface area (Å²) in [4.78, 5) is 24.1. The first-order chi connectivity index (χ1) is 14.3. The first-order valence-corrected chi connectivity index (χ1v) is 8.89. The molecule has 2 aromatic heterocycles. The highest BCUT2D eigenvalue weighted by Crippen LogP contribution is 2.29. The number of nitrogens with zero attached hydrogens (tertiary/aromatic N) is 3. The van der Waals surface area contributed by atoms with Crippen LogP contribution in [0.25, 0.3) is 5.65 Å². The molecule has 2 heterocycles. The Hall–Kier alpha value is -3.63. The van der Waals surface area contributed by atoms with E-state index in [4.69, 9.17) is 4.74 Å². The van der Waals surface area contributed by atoms with Crippen molar-refractivity contribution in [3.8, 4) is 5.88 Å². The summed E-state index contributed by atoms with van der Waals surface area (Å²) in [6.07, 6.45) is -4.73. The molecule has 0 aliphatic carbocycles. The maximum absolute atomic E-state index is 12.7. The normalized spacial score (nSPS) is 11.3. The number of hydrogen-bond donors (Lipinski definition) is 2. The average molecular weight is 421 g/mol. The number of anilines is 1. The van der Waals surface area contributed by atoms with E-state index < -0.39 is 23.6 Å². The lowest BCUT2D eigenvalue weighted by Gasteiger charge is -2.10. The number of nitrogens with one attached hydrogen (secondary N) is 2. The van der Waals surface area contributed by atoms with Crippen LogP contribution in [0.2, 0.25) is 0 Å². The number of ether oxygens (including phenoxy) is 1. The van der Waals surface area contributed by atoms with Gasteiger partial charge in [0, 0.05) is 19.4 Å². The molecular formula is C19H18F3N5O3. The lowest BCUT2D eigenvalue weighted by Crippen LogP contribution is -2.25. The molecule has 0 unspecified atom stereocenters. The van der Waals surface area contributed by atoms with Gasteiger partial charge in [-0.2, -0.15) is 13.2 Å². The molecule has 2 amide bonds. The van der Waals surface area contributed by atoms with E-state index in [0.29, 0.717) is 17.1 Å². The monoisotopic (exact) mass is 421 g/mol. The maximum Gasteiger partial charge on any atom is 0.416 e. The smallest absolute Gasteiger partial charge is 0.416 e. The summed E-state index contributed by atoms with van der Waals surface area (Å²) in [5, 5.41) is 12.9. The van der Waals surface area contributed by atoms with E-state index in [2.05, 4.69) is 20.8 Å². The molecular weight excluding hydrogens is 403 g/mol. The second-order valence-corrected chi connectivity index (χ2v) is 6.31. The zero-order valence-electron chi connectivity index (χ0n) is 15.9. The van der Waals surface area contributed by atoms with Gasteiger partial charge in [0.25, 0.3) is 0 Å². The summed E-state index contributed by atoms with van der Waals surface area (Å²) >= 11 is 0. The van der Waals surface area contributed by atoms with Gasteiger partial charge in [0.15, 0.2) is 5.65 Å². The van der Waals surface area contributed by atoms with Crippen molar-refractivity contribution in [2.45, 2.75) is 25.6 Å². The van der Waals surface area contributed by atoms with Crippen molar-refractivity contribution in [2.24, 2.45) is 0 Å². The van der Waals surface area contributed by atoms with Crippen LogP contribution >= 0.6 is 0 Å². The molecule has 0 radical (unpaired) electrons. The van der Waals surface area contributed by atoms with Gasteiger partial charge in [0.1, 0.15) is 0 Å². The predicted octanol–water partition coefficient (Wildman–Crippen LogP) is 2.79. The summed E-state index contributed by atoms with van der Waals surface area (Å²) < 4.78 is 44.9. The van der Waals surface area contributed by atoms with Crippen LogP contribution in [0.3, 0.4) is 0 Å². The number of aromatic nitrogens is 3. The first kappa shape index (κ1) is 21.1. The molecule has 11 heteroatoms. The number of benzene rings is 1. The number of halogens is 3. The van der Waals surface area contributed by atoms with Crippen molar-refractivity contribution >= 4 is 23.4 Å². The molecule has 0 fully saturated rings. The third-order valence-electron chi connectivity index (χ3n) is 4.18. The van der Waals surface area contributed by atoms with E-state index in [-0.39, 0.29) is 25.3 Å². The fraction of sp³-hybridized carbons (Fsp3) is 0.263. The molecule has 3 rings (SSSR count). The molecule has 3 aromatic rings. The number of hydrogen-bond acceptors (Lipinski definition) is 5. The molecule has 0 saturated carbocycles. The minimum absolute atomic E-state index is 0.0730. The molecule has 1 aromatic carbocycles. The minimum atomic E-state index is -4.45. The Bertz CT molecular complexity index is 1060. The molecule has 30 heavy (non-hydrogen) atoms. The summed E-state index contributed by atoms with van der Waals surface area (Å²) in [6, 6.07) is 9.76. The first-order valence-electron chi connectivity index (χ1n) is 8.89. The number of pyridine rings is 1. The molecule has 158 valence electrons. The van der Waals surface area contributed by atoms with E-state index in [9.17, 15) is 22.8 Å². The lowest BCUT2D eigenvalue weighted by molar-refractivity contribution is -0.137.